The third kappa shape index (κ3) is 9.81. The number of sulfonamides is 1. The number of anilines is 1. The average molecular weight is 665 g/mol. The normalized spacial score (nSPS) is 14.1. The zero-order valence-electron chi connectivity index (χ0n) is 24.3. The van der Waals surface area contributed by atoms with E-state index in [4.69, 9.17) is 20.8 Å². The molecule has 3 aromatic rings. The molecule has 0 saturated carbocycles. The first kappa shape index (κ1) is 35.1. The van der Waals surface area contributed by atoms with Crippen LogP contribution in [0.5, 0.6) is 5.75 Å². The Balaban J connectivity index is 0.000000978. The van der Waals surface area contributed by atoms with Gasteiger partial charge in [0.25, 0.3) is 0 Å². The highest BCUT2D eigenvalue weighted by Gasteiger charge is 2.30. The van der Waals surface area contributed by atoms with Crippen molar-refractivity contribution in [3.05, 3.63) is 68.3 Å². The van der Waals surface area contributed by atoms with Crippen LogP contribution in [0, 0.1) is 5.82 Å². The standard InChI is InChI=1S/C25H26ClF4N3O5S.C3H7NO/c1-37-22-13-21-16(12-19(22)26)18(14-33-8-6-31-7-9-33)17(24(34)38-21)11-15-3-2-4-20(23(15)27)32-39(35,36)10-5-25(28,29)30;1-4(2)3-5/h2-4,12-13,31-32H,5-11,14H2,1H3;3H,1-2H3. The average Bonchev–Trinajstić information content (AvgIpc) is 2.96. The Morgan fingerprint density at radius 3 is 2.43 bits per heavy atom. The molecule has 0 aliphatic carbocycles. The first-order valence-electron chi connectivity index (χ1n) is 13.4. The number of hydrogen-bond donors (Lipinski definition) is 2. The van der Waals surface area contributed by atoms with Gasteiger partial charge in [-0.15, -0.1) is 0 Å². The topological polar surface area (TPSA) is 121 Å². The number of benzene rings is 2. The summed E-state index contributed by atoms with van der Waals surface area (Å²) in [6.07, 6.45) is -5.77. The molecule has 44 heavy (non-hydrogen) atoms. The lowest BCUT2D eigenvalue weighted by Gasteiger charge is -2.28. The van der Waals surface area contributed by atoms with Crippen molar-refractivity contribution in [2.45, 2.75) is 25.6 Å². The molecule has 0 atom stereocenters. The van der Waals surface area contributed by atoms with E-state index in [0.717, 1.165) is 25.6 Å². The zero-order valence-corrected chi connectivity index (χ0v) is 25.8. The van der Waals surface area contributed by atoms with Crippen LogP contribution in [0.4, 0.5) is 23.2 Å². The summed E-state index contributed by atoms with van der Waals surface area (Å²) in [6, 6.07) is 6.92. The molecule has 10 nitrogen and oxygen atoms in total. The molecule has 1 aromatic heterocycles. The van der Waals surface area contributed by atoms with Gasteiger partial charge in [-0.3, -0.25) is 14.4 Å². The first-order valence-corrected chi connectivity index (χ1v) is 15.4. The van der Waals surface area contributed by atoms with Gasteiger partial charge in [-0.1, -0.05) is 23.7 Å². The van der Waals surface area contributed by atoms with Crippen molar-refractivity contribution in [1.82, 2.24) is 15.1 Å². The van der Waals surface area contributed by atoms with Gasteiger partial charge in [-0.05, 0) is 23.3 Å². The predicted molar refractivity (Wildman–Crippen MR) is 159 cm³/mol. The fourth-order valence-electron chi connectivity index (χ4n) is 4.37. The van der Waals surface area contributed by atoms with Crippen molar-refractivity contribution >= 4 is 44.7 Å². The third-order valence-corrected chi connectivity index (χ3v) is 8.13. The number of nitrogens with zero attached hydrogens (tertiary/aromatic N) is 2. The molecule has 1 fully saturated rings. The van der Waals surface area contributed by atoms with Crippen LogP contribution in [-0.4, -0.2) is 83.9 Å². The quantitative estimate of drug-likeness (QED) is 0.190. The van der Waals surface area contributed by atoms with Crippen LogP contribution in [0.1, 0.15) is 23.1 Å². The van der Waals surface area contributed by atoms with E-state index in [1.165, 1.54) is 30.2 Å². The molecular weight excluding hydrogens is 632 g/mol. The molecule has 1 amide bonds. The molecule has 0 bridgehead atoms. The molecule has 4 rings (SSSR count). The molecule has 0 unspecified atom stereocenters. The Labute approximate surface area is 257 Å². The summed E-state index contributed by atoms with van der Waals surface area (Å²) in [6.45, 7) is 3.24. The lowest BCUT2D eigenvalue weighted by molar-refractivity contribution is -0.130. The summed E-state index contributed by atoms with van der Waals surface area (Å²) in [5.74, 6) is -1.95. The van der Waals surface area contributed by atoms with Crippen LogP contribution >= 0.6 is 11.6 Å². The van der Waals surface area contributed by atoms with Gasteiger partial charge in [0.1, 0.15) is 11.3 Å². The molecule has 2 aromatic carbocycles. The fraction of sp³-hybridized carbons (Fsp3) is 0.429. The number of fused-ring (bicyclic) bond motifs is 1. The highest BCUT2D eigenvalue weighted by molar-refractivity contribution is 7.92. The summed E-state index contributed by atoms with van der Waals surface area (Å²) in [4.78, 5) is 26.2. The Hall–Kier alpha value is -3.40. The fourth-order valence-corrected chi connectivity index (χ4v) is 5.70. The van der Waals surface area contributed by atoms with Crippen LogP contribution in [-0.2, 0) is 27.8 Å². The molecule has 2 N–H and O–H groups in total. The van der Waals surface area contributed by atoms with E-state index >= 15 is 4.39 Å². The van der Waals surface area contributed by atoms with Crippen molar-refractivity contribution in [1.29, 1.82) is 0 Å². The highest BCUT2D eigenvalue weighted by Crippen LogP contribution is 2.33. The SMILES string of the molecule is CN(C)C=O.COc1cc2oc(=O)c(Cc3cccc(NS(=O)(=O)CCC(F)(F)F)c3F)c(CN3CCNCC3)c2cc1Cl. The van der Waals surface area contributed by atoms with Gasteiger partial charge in [0.15, 0.2) is 5.82 Å². The van der Waals surface area contributed by atoms with E-state index in [1.54, 1.807) is 20.2 Å². The van der Waals surface area contributed by atoms with Crippen molar-refractivity contribution in [3.8, 4) is 5.75 Å². The minimum absolute atomic E-state index is 0.0427. The van der Waals surface area contributed by atoms with Crippen LogP contribution < -0.4 is 20.4 Å². The summed E-state index contributed by atoms with van der Waals surface area (Å²) in [5.41, 5.74) is -0.314. The Kier molecular flexibility index (Phi) is 12.0. The molecule has 2 heterocycles. The summed E-state index contributed by atoms with van der Waals surface area (Å²) >= 11 is 6.37. The van der Waals surface area contributed by atoms with Gasteiger partial charge in [-0.25, -0.2) is 17.6 Å². The van der Waals surface area contributed by atoms with Crippen LogP contribution in [0.2, 0.25) is 5.02 Å². The van der Waals surface area contributed by atoms with Gasteiger partial charge >= 0.3 is 11.8 Å². The maximum absolute atomic E-state index is 15.4. The number of carbonyl (C=O) groups excluding carboxylic acids is 1. The second-order valence-electron chi connectivity index (χ2n) is 10.2. The largest absolute Gasteiger partial charge is 0.495 e. The Bertz CT molecular complexity index is 1630. The van der Waals surface area contributed by atoms with Crippen LogP contribution in [0.25, 0.3) is 11.0 Å². The number of piperazine rings is 1. The maximum Gasteiger partial charge on any atom is 0.390 e. The van der Waals surface area contributed by atoms with Gasteiger partial charge < -0.3 is 19.4 Å². The molecule has 1 aliphatic heterocycles. The Morgan fingerprint density at radius 1 is 1.18 bits per heavy atom. The number of amides is 1. The molecule has 242 valence electrons. The number of halogens is 5. The van der Waals surface area contributed by atoms with Gasteiger partial charge in [0, 0.05) is 70.3 Å². The maximum atomic E-state index is 15.4. The van der Waals surface area contributed by atoms with E-state index in [1.807, 2.05) is 4.72 Å². The highest BCUT2D eigenvalue weighted by atomic mass is 35.5. The Morgan fingerprint density at radius 2 is 1.84 bits per heavy atom. The second kappa shape index (κ2) is 15.1. The van der Waals surface area contributed by atoms with Crippen LogP contribution in [0.3, 0.4) is 0 Å². The summed E-state index contributed by atoms with van der Waals surface area (Å²) in [5, 5.41) is 4.07. The van der Waals surface area contributed by atoms with E-state index in [9.17, 15) is 31.2 Å². The molecule has 0 radical (unpaired) electrons. The van der Waals surface area contributed by atoms with E-state index in [0.29, 0.717) is 36.3 Å². The monoisotopic (exact) mass is 664 g/mol. The molecule has 0 spiro atoms. The number of hydrogen-bond acceptors (Lipinski definition) is 8. The third-order valence-electron chi connectivity index (χ3n) is 6.56. The molecule has 1 aliphatic rings. The molecular formula is C28H33ClF4N4O6S. The minimum Gasteiger partial charge on any atom is -0.495 e. The number of alkyl halides is 3. The van der Waals surface area contributed by atoms with E-state index in [-0.39, 0.29) is 28.2 Å². The second-order valence-corrected chi connectivity index (χ2v) is 12.4. The number of nitrogens with one attached hydrogen (secondary N) is 2. The van der Waals surface area contributed by atoms with Crippen molar-refractivity contribution in [2.24, 2.45) is 0 Å². The number of carbonyl (C=O) groups is 1. The zero-order chi connectivity index (χ0) is 32.7. The van der Waals surface area contributed by atoms with Crippen LogP contribution in [0.15, 0.2) is 39.5 Å². The smallest absolute Gasteiger partial charge is 0.390 e. The number of ether oxygens (including phenoxy) is 1. The first-order chi connectivity index (χ1) is 20.6. The van der Waals surface area contributed by atoms with Crippen molar-refractivity contribution < 1.29 is 39.9 Å². The lowest BCUT2D eigenvalue weighted by Crippen LogP contribution is -2.43. The summed E-state index contributed by atoms with van der Waals surface area (Å²) in [7, 11) is 0.315. The van der Waals surface area contributed by atoms with Gasteiger partial charge in [0.05, 0.1) is 30.0 Å². The molecule has 1 saturated heterocycles. The predicted octanol–water partition coefficient (Wildman–Crippen LogP) is 3.99. The number of methoxy groups -OCH3 is 1. The minimum atomic E-state index is -4.69. The van der Waals surface area contributed by atoms with E-state index < -0.39 is 45.5 Å². The number of rotatable bonds is 10. The molecule has 16 heteroatoms. The van der Waals surface area contributed by atoms with Crippen molar-refractivity contribution in [3.63, 3.8) is 0 Å². The summed E-state index contributed by atoms with van der Waals surface area (Å²) < 4.78 is 89.9. The van der Waals surface area contributed by atoms with Crippen molar-refractivity contribution in [2.75, 3.05) is 57.9 Å². The van der Waals surface area contributed by atoms with E-state index in [2.05, 4.69) is 10.2 Å². The van der Waals surface area contributed by atoms with Gasteiger partial charge in [0.2, 0.25) is 16.4 Å². The van der Waals surface area contributed by atoms with Gasteiger partial charge in [-0.2, -0.15) is 13.2 Å². The lowest BCUT2D eigenvalue weighted by atomic mass is 9.97.